The second kappa shape index (κ2) is 9.97. The van der Waals surface area contributed by atoms with Gasteiger partial charge in [0.15, 0.2) is 6.29 Å². The molecular weight excluding hydrogens is 346 g/mol. The Morgan fingerprint density at radius 2 is 1.56 bits per heavy atom. The Hall–Kier alpha value is -1.00. The van der Waals surface area contributed by atoms with Crippen molar-refractivity contribution in [2.24, 2.45) is 17.8 Å². The van der Waals surface area contributed by atoms with Gasteiger partial charge in [-0.3, -0.25) is 0 Å². The summed E-state index contributed by atoms with van der Waals surface area (Å²) in [6, 6.07) is 2.84. The Morgan fingerprint density at radius 1 is 0.926 bits per heavy atom. The van der Waals surface area contributed by atoms with E-state index in [1.165, 1.54) is 64.0 Å². The molecular formula is C23H34F2O2. The van der Waals surface area contributed by atoms with E-state index in [-0.39, 0.29) is 11.9 Å². The van der Waals surface area contributed by atoms with Crippen LogP contribution >= 0.6 is 0 Å². The van der Waals surface area contributed by atoms with Gasteiger partial charge in [0.2, 0.25) is 0 Å². The number of hydrogen-bond donors (Lipinski definition) is 0. The summed E-state index contributed by atoms with van der Waals surface area (Å²) in [5.41, 5.74) is 0.742. The lowest BCUT2D eigenvalue weighted by molar-refractivity contribution is -0.212. The van der Waals surface area contributed by atoms with E-state index >= 15 is 0 Å². The van der Waals surface area contributed by atoms with Crippen LogP contribution < -0.4 is 0 Å². The first-order valence-corrected chi connectivity index (χ1v) is 10.7. The Labute approximate surface area is 162 Å². The number of halogens is 2. The molecule has 0 unspecified atom stereocenters. The van der Waals surface area contributed by atoms with E-state index in [1.807, 2.05) is 0 Å². The van der Waals surface area contributed by atoms with Gasteiger partial charge < -0.3 is 9.47 Å². The summed E-state index contributed by atoms with van der Waals surface area (Å²) in [6.07, 6.45) is 10.3. The number of hydrogen-bond acceptors (Lipinski definition) is 2. The minimum atomic E-state index is -0.481. The van der Waals surface area contributed by atoms with Crippen molar-refractivity contribution >= 4 is 0 Å². The van der Waals surface area contributed by atoms with Crippen LogP contribution in [0.3, 0.4) is 0 Å². The van der Waals surface area contributed by atoms with Crippen molar-refractivity contribution in [1.29, 1.82) is 0 Å². The molecule has 27 heavy (non-hydrogen) atoms. The van der Waals surface area contributed by atoms with Crippen LogP contribution in [0.4, 0.5) is 8.78 Å². The topological polar surface area (TPSA) is 18.5 Å². The van der Waals surface area contributed by atoms with Gasteiger partial charge in [0.05, 0.1) is 13.2 Å². The summed E-state index contributed by atoms with van der Waals surface area (Å²) in [6.45, 7) is 5.24. The summed E-state index contributed by atoms with van der Waals surface area (Å²) in [4.78, 5) is 0. The Balaban J connectivity index is 1.38. The third-order valence-corrected chi connectivity index (χ3v) is 6.53. The molecule has 0 radical (unpaired) electrons. The fourth-order valence-corrected chi connectivity index (χ4v) is 4.56. The average molecular weight is 381 g/mol. The van der Waals surface area contributed by atoms with E-state index in [1.54, 1.807) is 0 Å². The predicted molar refractivity (Wildman–Crippen MR) is 104 cm³/mol. The molecule has 0 atom stereocenters. The van der Waals surface area contributed by atoms with Crippen molar-refractivity contribution in [3.05, 3.63) is 34.9 Å². The lowest BCUT2D eigenvalue weighted by Crippen LogP contribution is -2.37. The van der Waals surface area contributed by atoms with Gasteiger partial charge in [-0.2, -0.15) is 0 Å². The molecule has 0 amide bonds. The van der Waals surface area contributed by atoms with E-state index in [4.69, 9.17) is 9.47 Å². The van der Waals surface area contributed by atoms with E-state index < -0.39 is 11.6 Å². The van der Waals surface area contributed by atoms with Gasteiger partial charge in [-0.1, -0.05) is 39.0 Å². The molecule has 2 aliphatic rings. The molecule has 1 saturated carbocycles. The second-order valence-electron chi connectivity index (χ2n) is 8.50. The van der Waals surface area contributed by atoms with Crippen LogP contribution in [0.15, 0.2) is 12.1 Å². The highest BCUT2D eigenvalue weighted by molar-refractivity contribution is 5.25. The first-order chi connectivity index (χ1) is 13.1. The third kappa shape index (κ3) is 5.74. The standard InChI is InChI=1S/C23H34F2O2/c1-3-4-5-17-6-9-19(10-7-17)20-14-26-23(27-15-20)11-8-18-12-21(24)16(2)22(25)13-18/h12-13,17,19-20,23H,3-11,14-15H2,1-2H3. The molecule has 1 saturated heterocycles. The fraction of sp³-hybridized carbons (Fsp3) is 0.739. The maximum Gasteiger partial charge on any atom is 0.157 e. The molecule has 152 valence electrons. The lowest BCUT2D eigenvalue weighted by atomic mass is 9.75. The number of unbranched alkanes of at least 4 members (excludes halogenated alkanes) is 1. The molecule has 0 N–H and O–H groups in total. The lowest BCUT2D eigenvalue weighted by Gasteiger charge is -2.37. The van der Waals surface area contributed by atoms with Crippen LogP contribution in [-0.2, 0) is 15.9 Å². The molecule has 0 aromatic heterocycles. The number of rotatable bonds is 7. The number of ether oxygens (including phenoxy) is 2. The predicted octanol–water partition coefficient (Wildman–Crippen LogP) is 6.19. The summed E-state index contributed by atoms with van der Waals surface area (Å²) in [5, 5.41) is 0. The Kier molecular flexibility index (Phi) is 7.66. The second-order valence-corrected chi connectivity index (χ2v) is 8.50. The first kappa shape index (κ1) is 20.7. The van der Waals surface area contributed by atoms with E-state index in [0.717, 1.165) is 25.0 Å². The van der Waals surface area contributed by atoms with Crippen LogP contribution in [0.2, 0.25) is 0 Å². The summed E-state index contributed by atoms with van der Waals surface area (Å²) < 4.78 is 39.2. The maximum absolute atomic E-state index is 13.7. The first-order valence-electron chi connectivity index (χ1n) is 10.7. The molecule has 1 aliphatic carbocycles. The molecule has 0 bridgehead atoms. The Bertz CT molecular complexity index is 565. The molecule has 0 spiro atoms. The number of benzene rings is 1. The monoisotopic (exact) mass is 380 g/mol. The molecule has 1 aliphatic heterocycles. The van der Waals surface area contributed by atoms with Gasteiger partial charge >= 0.3 is 0 Å². The Morgan fingerprint density at radius 3 is 2.15 bits per heavy atom. The summed E-state index contributed by atoms with van der Waals surface area (Å²) >= 11 is 0. The third-order valence-electron chi connectivity index (χ3n) is 6.53. The molecule has 1 heterocycles. The largest absolute Gasteiger partial charge is 0.352 e. The minimum absolute atomic E-state index is 0.0798. The SMILES string of the molecule is CCCCC1CCC(C2COC(CCc3cc(F)c(C)c(F)c3)OC2)CC1. The van der Waals surface area contributed by atoms with Crippen LogP contribution in [0.1, 0.15) is 69.4 Å². The van der Waals surface area contributed by atoms with Crippen molar-refractivity contribution in [1.82, 2.24) is 0 Å². The molecule has 2 fully saturated rings. The van der Waals surface area contributed by atoms with Crippen molar-refractivity contribution in [3.8, 4) is 0 Å². The van der Waals surface area contributed by atoms with Crippen LogP contribution in [0.5, 0.6) is 0 Å². The van der Waals surface area contributed by atoms with Crippen molar-refractivity contribution in [2.75, 3.05) is 13.2 Å². The van der Waals surface area contributed by atoms with Crippen LogP contribution in [0.25, 0.3) is 0 Å². The van der Waals surface area contributed by atoms with Gasteiger partial charge in [0.25, 0.3) is 0 Å². The molecule has 2 nitrogen and oxygen atoms in total. The maximum atomic E-state index is 13.7. The van der Waals surface area contributed by atoms with Gasteiger partial charge in [0, 0.05) is 17.9 Å². The van der Waals surface area contributed by atoms with Gasteiger partial charge in [-0.25, -0.2) is 8.78 Å². The van der Waals surface area contributed by atoms with E-state index in [9.17, 15) is 8.78 Å². The zero-order valence-electron chi connectivity index (χ0n) is 16.8. The van der Waals surface area contributed by atoms with Crippen LogP contribution in [-0.4, -0.2) is 19.5 Å². The summed E-state index contributed by atoms with van der Waals surface area (Å²) in [7, 11) is 0. The summed E-state index contributed by atoms with van der Waals surface area (Å²) in [5.74, 6) is 1.19. The number of aryl methyl sites for hydroxylation is 1. The fourth-order valence-electron chi connectivity index (χ4n) is 4.56. The van der Waals surface area contributed by atoms with Crippen LogP contribution in [0, 0.1) is 36.3 Å². The molecule has 4 heteroatoms. The highest BCUT2D eigenvalue weighted by atomic mass is 19.1. The van der Waals surface area contributed by atoms with E-state index in [0.29, 0.717) is 24.3 Å². The zero-order valence-corrected chi connectivity index (χ0v) is 16.8. The van der Waals surface area contributed by atoms with Crippen molar-refractivity contribution in [2.45, 2.75) is 77.9 Å². The molecule has 1 aromatic carbocycles. The smallest absolute Gasteiger partial charge is 0.157 e. The van der Waals surface area contributed by atoms with Crippen molar-refractivity contribution in [3.63, 3.8) is 0 Å². The normalized spacial score (nSPS) is 29.0. The average Bonchev–Trinajstić information content (AvgIpc) is 2.69. The van der Waals surface area contributed by atoms with Crippen molar-refractivity contribution < 1.29 is 18.3 Å². The highest BCUT2D eigenvalue weighted by Crippen LogP contribution is 2.37. The quantitative estimate of drug-likeness (QED) is 0.561. The minimum Gasteiger partial charge on any atom is -0.352 e. The highest BCUT2D eigenvalue weighted by Gasteiger charge is 2.31. The van der Waals surface area contributed by atoms with Gasteiger partial charge in [-0.05, 0) is 55.7 Å². The molecule has 1 aromatic rings. The van der Waals surface area contributed by atoms with Gasteiger partial charge in [0.1, 0.15) is 11.6 Å². The van der Waals surface area contributed by atoms with E-state index in [2.05, 4.69) is 6.92 Å². The zero-order chi connectivity index (χ0) is 19.2. The van der Waals surface area contributed by atoms with Gasteiger partial charge in [-0.15, -0.1) is 0 Å². The molecule has 3 rings (SSSR count).